The van der Waals surface area contributed by atoms with Crippen molar-refractivity contribution in [1.29, 1.82) is 0 Å². The van der Waals surface area contributed by atoms with E-state index in [-0.39, 0.29) is 30.7 Å². The molecule has 35 heavy (non-hydrogen) atoms. The summed E-state index contributed by atoms with van der Waals surface area (Å²) in [6.07, 6.45) is 22.0. The predicted octanol–water partition coefficient (Wildman–Crippen LogP) is 6.78. The third-order valence-corrected chi connectivity index (χ3v) is 8.92. The maximum Gasteiger partial charge on any atom is 0.190 e. The monoisotopic (exact) mass is 494 g/mol. The van der Waals surface area contributed by atoms with E-state index >= 15 is 0 Å². The van der Waals surface area contributed by atoms with Crippen molar-refractivity contribution in [2.45, 2.75) is 171 Å². The Bertz CT molecular complexity index is 629. The summed E-state index contributed by atoms with van der Waals surface area (Å²) < 4.78 is 39.0. The first-order chi connectivity index (χ1) is 17.2. The summed E-state index contributed by atoms with van der Waals surface area (Å²) in [7, 11) is 0. The fraction of sp³-hybridized carbons (Fsp3) is 1.00. The van der Waals surface area contributed by atoms with Gasteiger partial charge in [-0.1, -0.05) is 71.1 Å². The maximum atomic E-state index is 6.63. The lowest BCUT2D eigenvalue weighted by molar-refractivity contribution is -0.262. The summed E-state index contributed by atoms with van der Waals surface area (Å²) in [5, 5.41) is 0. The molecule has 0 radical (unpaired) electrons. The third-order valence-electron chi connectivity index (χ3n) is 8.92. The smallest absolute Gasteiger partial charge is 0.190 e. The van der Waals surface area contributed by atoms with Crippen LogP contribution in [0.2, 0.25) is 0 Å². The predicted molar refractivity (Wildman–Crippen MR) is 134 cm³/mol. The van der Waals surface area contributed by atoms with Gasteiger partial charge in [-0.2, -0.15) is 0 Å². The molecule has 0 unspecified atom stereocenters. The summed E-state index contributed by atoms with van der Waals surface area (Å²) in [5.41, 5.74) is 0. The molecular weight excluding hydrogens is 444 g/mol. The zero-order chi connectivity index (χ0) is 24.0. The van der Waals surface area contributed by atoms with Crippen LogP contribution >= 0.6 is 0 Å². The van der Waals surface area contributed by atoms with Crippen LogP contribution in [0.1, 0.15) is 129 Å². The number of hydrogen-bond acceptors (Lipinski definition) is 6. The fourth-order valence-corrected chi connectivity index (χ4v) is 6.90. The molecule has 2 saturated carbocycles. The minimum atomic E-state index is -0.463. The first-order valence-electron chi connectivity index (χ1n) is 15.2. The topological polar surface area (TPSA) is 55.4 Å². The Balaban J connectivity index is 1.12. The molecule has 3 aliphatic heterocycles. The average molecular weight is 495 g/mol. The Kier molecular flexibility index (Phi) is 9.45. The van der Waals surface area contributed by atoms with E-state index in [2.05, 4.69) is 6.92 Å². The second-order valence-electron chi connectivity index (χ2n) is 11.7. The molecule has 5 aliphatic rings. The standard InChI is InChI=1S/C29H50O6/c1-2-3-4-5-6-7-8-9-16-21-30-25-24(23-22-31-28(33-23)17-12-10-13-18-28)32-27-26(25)34-29(35-27)19-14-11-15-20-29/h23-27H,2-22H2,1H3/t23-,24-,25+,26-,27-/m0/s1. The zero-order valence-corrected chi connectivity index (χ0v) is 22.2. The van der Waals surface area contributed by atoms with Gasteiger partial charge in [-0.3, -0.25) is 0 Å². The van der Waals surface area contributed by atoms with E-state index < -0.39 is 11.6 Å². The van der Waals surface area contributed by atoms with Gasteiger partial charge >= 0.3 is 0 Å². The van der Waals surface area contributed by atoms with Gasteiger partial charge in [0.15, 0.2) is 17.9 Å². The van der Waals surface area contributed by atoms with Crippen LogP contribution in [0.15, 0.2) is 0 Å². The highest BCUT2D eigenvalue weighted by Crippen LogP contribution is 2.48. The zero-order valence-electron chi connectivity index (χ0n) is 22.2. The summed E-state index contributed by atoms with van der Waals surface area (Å²) in [6, 6.07) is 0. The molecule has 0 aromatic carbocycles. The van der Waals surface area contributed by atoms with Gasteiger partial charge in [-0.05, 0) is 32.1 Å². The molecular formula is C29H50O6. The van der Waals surface area contributed by atoms with Gasteiger partial charge in [0.25, 0.3) is 0 Å². The Morgan fingerprint density at radius 3 is 1.97 bits per heavy atom. The van der Waals surface area contributed by atoms with E-state index in [1.807, 2.05) is 0 Å². The summed E-state index contributed by atoms with van der Waals surface area (Å²) in [6.45, 7) is 3.60. The van der Waals surface area contributed by atoms with Gasteiger partial charge < -0.3 is 28.4 Å². The molecule has 202 valence electrons. The van der Waals surface area contributed by atoms with Crippen LogP contribution in [0.5, 0.6) is 0 Å². The van der Waals surface area contributed by atoms with E-state index in [0.717, 1.165) is 51.6 Å². The second kappa shape index (κ2) is 12.5. The number of ether oxygens (including phenoxy) is 6. The lowest BCUT2D eigenvalue weighted by Gasteiger charge is -2.35. The second-order valence-corrected chi connectivity index (χ2v) is 11.7. The van der Waals surface area contributed by atoms with E-state index in [9.17, 15) is 0 Å². The van der Waals surface area contributed by atoms with Crippen LogP contribution < -0.4 is 0 Å². The van der Waals surface area contributed by atoms with Crippen molar-refractivity contribution in [3.63, 3.8) is 0 Å². The summed E-state index contributed by atoms with van der Waals surface area (Å²) >= 11 is 0. The van der Waals surface area contributed by atoms with Crippen molar-refractivity contribution < 1.29 is 28.4 Å². The third kappa shape index (κ3) is 6.43. The van der Waals surface area contributed by atoms with Crippen molar-refractivity contribution in [2.75, 3.05) is 13.2 Å². The molecule has 3 saturated heterocycles. The van der Waals surface area contributed by atoms with Gasteiger partial charge in [0.05, 0.1) is 6.61 Å². The number of hydrogen-bond donors (Lipinski definition) is 0. The molecule has 0 amide bonds. The minimum absolute atomic E-state index is 0.110. The maximum absolute atomic E-state index is 6.63. The lowest BCUT2D eigenvalue weighted by atomic mass is 9.94. The van der Waals surface area contributed by atoms with Crippen molar-refractivity contribution in [3.05, 3.63) is 0 Å². The van der Waals surface area contributed by atoms with E-state index in [4.69, 9.17) is 28.4 Å². The Labute approximate surface area is 213 Å². The Hall–Kier alpha value is -0.240. The van der Waals surface area contributed by atoms with E-state index in [1.165, 1.54) is 77.0 Å². The highest BCUT2D eigenvalue weighted by molar-refractivity contribution is 5.01. The van der Waals surface area contributed by atoms with E-state index in [0.29, 0.717) is 6.61 Å². The van der Waals surface area contributed by atoms with Crippen molar-refractivity contribution in [3.8, 4) is 0 Å². The first-order valence-corrected chi connectivity index (χ1v) is 15.2. The molecule has 2 aliphatic carbocycles. The fourth-order valence-electron chi connectivity index (χ4n) is 6.90. The molecule has 0 N–H and O–H groups in total. The number of rotatable bonds is 12. The SMILES string of the molecule is CCCCCCCCCCCO[C@H]1[C@@H]2OC3(CCCCC3)O[C@@H]2O[C@H]1[C@@H]1COC2(CCCCC2)O1. The molecule has 5 rings (SSSR count). The quantitative estimate of drug-likeness (QED) is 0.279. The molecule has 6 nitrogen and oxygen atoms in total. The molecule has 0 aromatic rings. The highest BCUT2D eigenvalue weighted by Gasteiger charge is 2.61. The van der Waals surface area contributed by atoms with Crippen LogP contribution in [-0.2, 0) is 28.4 Å². The molecule has 5 atom stereocenters. The van der Waals surface area contributed by atoms with Crippen LogP contribution in [0.4, 0.5) is 0 Å². The van der Waals surface area contributed by atoms with Crippen molar-refractivity contribution in [1.82, 2.24) is 0 Å². The van der Waals surface area contributed by atoms with E-state index in [1.54, 1.807) is 0 Å². The van der Waals surface area contributed by atoms with Crippen LogP contribution in [-0.4, -0.2) is 55.5 Å². The van der Waals surface area contributed by atoms with Gasteiger partial charge in [-0.25, -0.2) is 0 Å². The lowest BCUT2D eigenvalue weighted by Crippen LogP contribution is -2.46. The highest BCUT2D eigenvalue weighted by atomic mass is 16.9. The van der Waals surface area contributed by atoms with Gasteiger partial charge in [0.1, 0.15) is 24.4 Å². The molecule has 2 spiro atoms. The Morgan fingerprint density at radius 2 is 1.29 bits per heavy atom. The van der Waals surface area contributed by atoms with Crippen LogP contribution in [0, 0.1) is 0 Å². The van der Waals surface area contributed by atoms with Crippen LogP contribution in [0.25, 0.3) is 0 Å². The number of unbranched alkanes of at least 4 members (excludes halogenated alkanes) is 8. The van der Waals surface area contributed by atoms with Gasteiger partial charge in [-0.15, -0.1) is 0 Å². The van der Waals surface area contributed by atoms with Gasteiger partial charge in [0.2, 0.25) is 0 Å². The van der Waals surface area contributed by atoms with Gasteiger partial charge in [0, 0.05) is 32.3 Å². The first kappa shape index (κ1) is 26.4. The van der Waals surface area contributed by atoms with Crippen LogP contribution in [0.3, 0.4) is 0 Å². The number of fused-ring (bicyclic) bond motifs is 1. The van der Waals surface area contributed by atoms with Crippen molar-refractivity contribution >= 4 is 0 Å². The Morgan fingerprint density at radius 1 is 0.657 bits per heavy atom. The molecule has 5 fully saturated rings. The molecule has 6 heteroatoms. The normalized spacial score (nSPS) is 35.7. The summed E-state index contributed by atoms with van der Waals surface area (Å²) in [5.74, 6) is -0.868. The largest absolute Gasteiger partial charge is 0.372 e. The molecule has 3 heterocycles. The average Bonchev–Trinajstić information content (AvgIpc) is 3.53. The molecule has 0 bridgehead atoms. The minimum Gasteiger partial charge on any atom is -0.372 e. The summed E-state index contributed by atoms with van der Waals surface area (Å²) in [4.78, 5) is 0. The van der Waals surface area contributed by atoms with Crippen molar-refractivity contribution in [2.24, 2.45) is 0 Å². The molecule has 0 aromatic heterocycles.